The summed E-state index contributed by atoms with van der Waals surface area (Å²) in [7, 11) is 1.88. The molecule has 0 heterocycles. The van der Waals surface area contributed by atoms with Gasteiger partial charge in [-0.1, -0.05) is 32.6 Å². The van der Waals surface area contributed by atoms with Crippen LogP contribution in [0.25, 0.3) is 5.32 Å². The minimum Gasteiger partial charge on any atom is -0.665 e. The Hall–Kier alpha value is -1.04. The summed E-state index contributed by atoms with van der Waals surface area (Å²) in [6.45, 7) is 3.28. The molecule has 0 aromatic heterocycles. The minimum atomic E-state index is 0. The molecule has 0 fully saturated rings. The van der Waals surface area contributed by atoms with Gasteiger partial charge in [0.2, 0.25) is 0 Å². The second-order valence-corrected chi connectivity index (χ2v) is 2.10. The molecule has 0 bridgehead atoms. The van der Waals surface area contributed by atoms with Crippen molar-refractivity contribution in [2.75, 3.05) is 13.6 Å². The Bertz CT molecular complexity index is 33.9. The van der Waals surface area contributed by atoms with E-state index in [4.69, 9.17) is 0 Å². The Morgan fingerprint density at radius 3 is 2.22 bits per heavy atom. The van der Waals surface area contributed by atoms with Crippen LogP contribution in [0.2, 0.25) is 0 Å². The first kappa shape index (κ1) is 10.9. The van der Waals surface area contributed by atoms with Crippen molar-refractivity contribution >= 4 is 0 Å². The first-order valence-corrected chi connectivity index (χ1v) is 3.47. The zero-order chi connectivity index (χ0) is 6.24. The summed E-state index contributed by atoms with van der Waals surface area (Å²) in [4.78, 5) is 0. The average molecular weight is 381 g/mol. The van der Waals surface area contributed by atoms with Gasteiger partial charge in [-0.15, -0.1) is 6.54 Å². The maximum atomic E-state index is 4.01. The van der Waals surface area contributed by atoms with Crippen molar-refractivity contribution in [3.63, 3.8) is 0 Å². The Kier molecular flexibility index (Phi) is 12.1. The van der Waals surface area contributed by atoms with Crippen LogP contribution >= 0.6 is 0 Å². The molecule has 0 aliphatic carbocycles. The Labute approximate surface area is 52.5 Å². The minimum absolute atomic E-state index is 0. The Morgan fingerprint density at radius 2 is 1.78 bits per heavy atom. The zero-order valence-electron chi connectivity index (χ0n) is 6.69. The third-order valence-electron chi connectivity index (χ3n) is 1.24. The smallest absolute Gasteiger partial charge is 0 e. The van der Waals surface area contributed by atoms with Crippen LogP contribution in [0.4, 0.5) is 0 Å². The molecular formula is C7H16NRf-. The van der Waals surface area contributed by atoms with Gasteiger partial charge in [0.1, 0.15) is 0 Å². The number of hydrogen-bond acceptors (Lipinski definition) is 0. The van der Waals surface area contributed by atoms with Gasteiger partial charge in [-0.3, -0.25) is 0 Å². The van der Waals surface area contributed by atoms with E-state index in [0.717, 1.165) is 6.54 Å². The van der Waals surface area contributed by atoms with Gasteiger partial charge in [0.05, 0.1) is 0 Å². The van der Waals surface area contributed by atoms with Gasteiger partial charge in [-0.05, 0) is 0 Å². The van der Waals surface area contributed by atoms with Crippen LogP contribution in [0, 0.1) is 0 Å². The van der Waals surface area contributed by atoms with Gasteiger partial charge in [-0.2, -0.15) is 7.05 Å². The van der Waals surface area contributed by atoms with Crippen molar-refractivity contribution < 1.29 is 0 Å². The van der Waals surface area contributed by atoms with Crippen LogP contribution in [0.5, 0.6) is 0 Å². The third-order valence-corrected chi connectivity index (χ3v) is 1.24. The van der Waals surface area contributed by atoms with E-state index in [1.54, 1.807) is 0 Å². The van der Waals surface area contributed by atoms with Gasteiger partial charge in [0.25, 0.3) is 0 Å². The van der Waals surface area contributed by atoms with E-state index in [1.807, 2.05) is 7.05 Å². The first-order valence-electron chi connectivity index (χ1n) is 3.47. The Morgan fingerprint density at radius 1 is 1.11 bits per heavy atom. The summed E-state index contributed by atoms with van der Waals surface area (Å²) < 4.78 is 0. The van der Waals surface area contributed by atoms with Crippen LogP contribution in [-0.4, -0.2) is 13.6 Å². The predicted molar refractivity (Wildman–Crippen MR) is 38.3 cm³/mol. The van der Waals surface area contributed by atoms with Crippen LogP contribution in [0.1, 0.15) is 32.6 Å². The molecule has 0 aliphatic rings. The number of rotatable bonds is 5. The van der Waals surface area contributed by atoms with Crippen LogP contribution in [0.3, 0.4) is 0 Å². The van der Waals surface area contributed by atoms with Crippen LogP contribution in [0.15, 0.2) is 0 Å². The SMILES string of the molecule is CCCCCC[N-]C.[Rf]. The average Bonchev–Trinajstić information content (AvgIpc) is 1.81. The second-order valence-electron chi connectivity index (χ2n) is 2.10. The summed E-state index contributed by atoms with van der Waals surface area (Å²) in [5.74, 6) is 0. The van der Waals surface area contributed by atoms with Gasteiger partial charge in [0.15, 0.2) is 0 Å². The molecule has 0 amide bonds. The summed E-state index contributed by atoms with van der Waals surface area (Å²) in [5.41, 5.74) is 0. The summed E-state index contributed by atoms with van der Waals surface area (Å²) in [6.07, 6.45) is 5.33. The molecule has 9 heavy (non-hydrogen) atoms. The van der Waals surface area contributed by atoms with E-state index in [2.05, 4.69) is 12.2 Å². The second kappa shape index (κ2) is 10.0. The molecule has 52 valence electrons. The van der Waals surface area contributed by atoms with E-state index in [9.17, 15) is 0 Å². The third kappa shape index (κ3) is 10.9. The molecule has 2 heteroatoms. The standard InChI is InChI=1S/C7H16N.Rf/c1-3-4-5-6-7-8-2;/h3-7H2,1-2H3;/q-1;. The maximum Gasteiger partial charge on any atom is 0 e. The normalized spacial score (nSPS) is 8.67. The molecule has 0 spiro atoms. The fourth-order valence-corrected chi connectivity index (χ4v) is 0.697. The van der Waals surface area contributed by atoms with Crippen molar-refractivity contribution in [1.29, 1.82) is 0 Å². The molecule has 0 radical (unpaired) electrons. The van der Waals surface area contributed by atoms with E-state index in [0.29, 0.717) is 0 Å². The van der Waals surface area contributed by atoms with Crippen molar-refractivity contribution in [2.45, 2.75) is 32.6 Å². The first-order chi connectivity index (χ1) is 3.91. The maximum absolute atomic E-state index is 4.01. The van der Waals surface area contributed by atoms with Gasteiger partial charge >= 0.3 is 0 Å². The molecule has 0 aromatic carbocycles. The zero-order valence-corrected chi connectivity index (χ0v) is 13.1. The molecule has 0 saturated carbocycles. The molecule has 0 aliphatic heterocycles. The monoisotopic (exact) mass is 381 g/mol. The number of hydrogen-bond donors (Lipinski definition) is 0. The van der Waals surface area contributed by atoms with Crippen molar-refractivity contribution in [1.82, 2.24) is 0 Å². The Balaban J connectivity index is 0. The van der Waals surface area contributed by atoms with Crippen molar-refractivity contribution in [3.05, 3.63) is 5.32 Å². The van der Waals surface area contributed by atoms with Crippen molar-refractivity contribution in [2.24, 2.45) is 0 Å². The van der Waals surface area contributed by atoms with Gasteiger partial charge in [-0.25, -0.2) is 0 Å². The molecule has 0 aromatic rings. The van der Waals surface area contributed by atoms with E-state index in [1.165, 1.54) is 25.7 Å². The number of nitrogens with zero attached hydrogens (tertiary/aromatic N) is 1. The fourth-order valence-electron chi connectivity index (χ4n) is 0.697. The summed E-state index contributed by atoms with van der Waals surface area (Å²) in [6, 6.07) is 0. The van der Waals surface area contributed by atoms with E-state index < -0.39 is 0 Å². The molecule has 0 atom stereocenters. The predicted octanol–water partition coefficient (Wildman–Crippen LogP) is 2.57. The number of unbranched alkanes of at least 4 members (excludes halogenated alkanes) is 3. The fraction of sp³-hybridized carbons (Fsp3) is 1.00. The van der Waals surface area contributed by atoms with Gasteiger partial charge < -0.3 is 5.32 Å². The van der Waals surface area contributed by atoms with E-state index in [-0.39, 0.29) is 0 Å². The largest absolute Gasteiger partial charge is 0.665 e. The van der Waals surface area contributed by atoms with E-state index >= 15 is 0 Å². The summed E-state index contributed by atoms with van der Waals surface area (Å²) >= 11 is 0. The quantitative estimate of drug-likeness (QED) is 0.651. The topological polar surface area (TPSA) is 14.1 Å². The molecular weight excluding hydrogens is 365 g/mol. The molecule has 0 N–H and O–H groups in total. The molecule has 1 nitrogen and oxygen atoms in total. The molecule has 0 unspecified atom stereocenters. The van der Waals surface area contributed by atoms with Crippen LogP contribution < -0.4 is 0 Å². The molecule has 0 saturated heterocycles. The van der Waals surface area contributed by atoms with Crippen LogP contribution in [-0.2, 0) is 0 Å². The van der Waals surface area contributed by atoms with Crippen molar-refractivity contribution in [3.8, 4) is 0 Å². The summed E-state index contributed by atoms with van der Waals surface area (Å²) in [5, 5.41) is 4.01. The van der Waals surface area contributed by atoms with Gasteiger partial charge in [0, 0.05) is 0 Å². The molecule has 0 rings (SSSR count).